The maximum absolute atomic E-state index is 11.9. The first-order valence-electron chi connectivity index (χ1n) is 6.84. The molecule has 3 N–H and O–H groups in total. The van der Waals surface area contributed by atoms with Crippen LogP contribution in [0.25, 0.3) is 0 Å². The van der Waals surface area contributed by atoms with Gasteiger partial charge < -0.3 is 16.0 Å². The molecule has 21 heavy (non-hydrogen) atoms. The van der Waals surface area contributed by atoms with E-state index in [9.17, 15) is 9.59 Å². The molecule has 1 unspecified atom stereocenters. The van der Waals surface area contributed by atoms with Gasteiger partial charge in [0.25, 0.3) is 11.8 Å². The van der Waals surface area contributed by atoms with Gasteiger partial charge in [0, 0.05) is 37.8 Å². The second kappa shape index (κ2) is 7.43. The third-order valence-electron chi connectivity index (χ3n) is 3.53. The third kappa shape index (κ3) is 4.72. The highest BCUT2D eigenvalue weighted by Crippen LogP contribution is 2.31. The first-order valence-corrected chi connectivity index (χ1v) is 6.84. The van der Waals surface area contributed by atoms with Crippen molar-refractivity contribution >= 4 is 24.2 Å². The summed E-state index contributed by atoms with van der Waals surface area (Å²) in [5.74, 6) is 0.341. The van der Waals surface area contributed by atoms with Crippen molar-refractivity contribution in [3.63, 3.8) is 0 Å². The molecule has 0 bridgehead atoms. The number of nitrogens with one attached hydrogen (secondary N) is 1. The summed E-state index contributed by atoms with van der Waals surface area (Å²) in [5.41, 5.74) is 7.05. The fourth-order valence-electron chi connectivity index (χ4n) is 2.03. The Morgan fingerprint density at radius 1 is 1.24 bits per heavy atom. The number of nitrogens with zero attached hydrogens (tertiary/aromatic N) is 1. The molecular weight excluding hydrogens is 290 g/mol. The molecule has 5 nitrogen and oxygen atoms in total. The number of hydrogen-bond donors (Lipinski definition) is 2. The maximum Gasteiger partial charge on any atom is 0.253 e. The molecule has 2 amide bonds. The molecule has 1 aromatic rings. The van der Waals surface area contributed by atoms with Crippen molar-refractivity contribution in [1.29, 1.82) is 0 Å². The van der Waals surface area contributed by atoms with Gasteiger partial charge in [0.15, 0.2) is 0 Å². The van der Waals surface area contributed by atoms with Crippen molar-refractivity contribution in [1.82, 2.24) is 10.2 Å². The van der Waals surface area contributed by atoms with Crippen molar-refractivity contribution in [3.05, 3.63) is 35.4 Å². The van der Waals surface area contributed by atoms with Crippen molar-refractivity contribution in [2.24, 2.45) is 11.7 Å². The largest absolute Gasteiger partial charge is 0.350 e. The monoisotopic (exact) mass is 311 g/mol. The average Bonchev–Trinajstić information content (AvgIpc) is 3.28. The molecular formula is C15H22ClN3O2. The molecule has 2 rings (SSSR count). The van der Waals surface area contributed by atoms with Crippen LogP contribution in [-0.2, 0) is 0 Å². The smallest absolute Gasteiger partial charge is 0.253 e. The first-order chi connectivity index (χ1) is 9.49. The number of hydrogen-bond acceptors (Lipinski definition) is 3. The molecule has 0 radical (unpaired) electrons. The molecule has 1 atom stereocenters. The van der Waals surface area contributed by atoms with Crippen LogP contribution in [0.3, 0.4) is 0 Å². The zero-order chi connectivity index (χ0) is 14.7. The maximum atomic E-state index is 11.9. The summed E-state index contributed by atoms with van der Waals surface area (Å²) < 4.78 is 0. The van der Waals surface area contributed by atoms with Gasteiger partial charge >= 0.3 is 0 Å². The van der Waals surface area contributed by atoms with Crippen LogP contribution in [-0.4, -0.2) is 43.4 Å². The summed E-state index contributed by atoms with van der Waals surface area (Å²) in [7, 11) is 3.39. The second-order valence-corrected chi connectivity index (χ2v) is 5.49. The molecule has 0 aliphatic heterocycles. The second-order valence-electron chi connectivity index (χ2n) is 5.49. The van der Waals surface area contributed by atoms with Gasteiger partial charge in [-0.15, -0.1) is 12.4 Å². The Kier molecular flexibility index (Phi) is 6.18. The van der Waals surface area contributed by atoms with Crippen LogP contribution < -0.4 is 11.1 Å². The standard InChI is InChI=1S/C15H21N3O2.ClH/c1-18(2)15(20)12-7-5-11(6-8-12)14(19)17-9-13(16)10-3-4-10;/h5-8,10,13H,3-4,9,16H2,1-2H3,(H,17,19);1H. The van der Waals surface area contributed by atoms with Gasteiger partial charge in [0.2, 0.25) is 0 Å². The molecule has 0 heterocycles. The van der Waals surface area contributed by atoms with E-state index in [2.05, 4.69) is 5.32 Å². The van der Waals surface area contributed by atoms with Crippen molar-refractivity contribution in [2.45, 2.75) is 18.9 Å². The summed E-state index contributed by atoms with van der Waals surface area (Å²) in [5, 5.41) is 2.83. The lowest BCUT2D eigenvalue weighted by Gasteiger charge is -2.12. The fourth-order valence-corrected chi connectivity index (χ4v) is 2.03. The number of rotatable bonds is 5. The van der Waals surface area contributed by atoms with Crippen LogP contribution in [0.15, 0.2) is 24.3 Å². The van der Waals surface area contributed by atoms with E-state index in [1.54, 1.807) is 38.4 Å². The zero-order valence-corrected chi connectivity index (χ0v) is 13.2. The van der Waals surface area contributed by atoms with E-state index in [0.29, 0.717) is 23.6 Å². The Morgan fingerprint density at radius 3 is 2.24 bits per heavy atom. The number of halogens is 1. The Balaban J connectivity index is 0.00000220. The van der Waals surface area contributed by atoms with Crippen LogP contribution >= 0.6 is 12.4 Å². The van der Waals surface area contributed by atoms with Gasteiger partial charge in [0.05, 0.1) is 0 Å². The van der Waals surface area contributed by atoms with Gasteiger partial charge in [-0.3, -0.25) is 9.59 Å². The summed E-state index contributed by atoms with van der Waals surface area (Å²) in [6.45, 7) is 0.502. The lowest BCUT2D eigenvalue weighted by molar-refractivity contribution is 0.0826. The highest BCUT2D eigenvalue weighted by Gasteiger charge is 2.28. The van der Waals surface area contributed by atoms with E-state index in [0.717, 1.165) is 0 Å². The van der Waals surface area contributed by atoms with Gasteiger partial charge in [-0.25, -0.2) is 0 Å². The van der Waals surface area contributed by atoms with Gasteiger partial charge in [0.1, 0.15) is 0 Å². The quantitative estimate of drug-likeness (QED) is 0.860. The van der Waals surface area contributed by atoms with Gasteiger partial charge in [-0.2, -0.15) is 0 Å². The SMILES string of the molecule is CN(C)C(=O)c1ccc(C(=O)NCC(N)C2CC2)cc1.Cl. The predicted molar refractivity (Wildman–Crippen MR) is 84.7 cm³/mol. The van der Waals surface area contributed by atoms with E-state index in [-0.39, 0.29) is 30.3 Å². The Bertz CT molecular complexity index is 498. The van der Waals surface area contributed by atoms with Crippen LogP contribution in [0.1, 0.15) is 33.6 Å². The number of carbonyl (C=O) groups excluding carboxylic acids is 2. The highest BCUT2D eigenvalue weighted by atomic mass is 35.5. The predicted octanol–water partition coefficient (Wildman–Crippen LogP) is 1.28. The topological polar surface area (TPSA) is 75.4 Å². The van der Waals surface area contributed by atoms with Crippen LogP contribution in [0, 0.1) is 5.92 Å². The van der Waals surface area contributed by atoms with E-state index >= 15 is 0 Å². The summed E-state index contributed by atoms with van der Waals surface area (Å²) in [6, 6.07) is 6.70. The molecule has 116 valence electrons. The van der Waals surface area contributed by atoms with Gasteiger partial charge in [-0.1, -0.05) is 0 Å². The van der Waals surface area contributed by atoms with E-state index in [4.69, 9.17) is 5.73 Å². The minimum Gasteiger partial charge on any atom is -0.350 e. The normalized spacial score (nSPS) is 14.8. The summed E-state index contributed by atoms with van der Waals surface area (Å²) >= 11 is 0. The molecule has 1 aromatic carbocycles. The lowest BCUT2D eigenvalue weighted by Crippen LogP contribution is -2.38. The number of carbonyl (C=O) groups is 2. The molecule has 1 aliphatic rings. The minimum atomic E-state index is -0.148. The van der Waals surface area contributed by atoms with E-state index < -0.39 is 0 Å². The zero-order valence-electron chi connectivity index (χ0n) is 12.3. The van der Waals surface area contributed by atoms with Crippen molar-refractivity contribution in [3.8, 4) is 0 Å². The summed E-state index contributed by atoms with van der Waals surface area (Å²) in [6.07, 6.45) is 2.33. The molecule has 6 heteroatoms. The molecule has 1 aliphatic carbocycles. The molecule has 1 saturated carbocycles. The van der Waals surface area contributed by atoms with E-state index in [1.165, 1.54) is 17.7 Å². The number of benzene rings is 1. The van der Waals surface area contributed by atoms with Crippen LogP contribution in [0.4, 0.5) is 0 Å². The molecule has 0 spiro atoms. The van der Waals surface area contributed by atoms with Crippen molar-refractivity contribution < 1.29 is 9.59 Å². The van der Waals surface area contributed by atoms with Crippen molar-refractivity contribution in [2.75, 3.05) is 20.6 Å². The highest BCUT2D eigenvalue weighted by molar-refractivity contribution is 5.97. The molecule has 0 saturated heterocycles. The lowest BCUT2D eigenvalue weighted by atomic mass is 10.1. The first kappa shape index (κ1) is 17.5. The summed E-state index contributed by atoms with van der Waals surface area (Å²) in [4.78, 5) is 25.2. The Labute approximate surface area is 131 Å². The molecule has 0 aromatic heterocycles. The van der Waals surface area contributed by atoms with Crippen LogP contribution in [0.5, 0.6) is 0 Å². The third-order valence-corrected chi connectivity index (χ3v) is 3.53. The fraction of sp³-hybridized carbons (Fsp3) is 0.467. The minimum absolute atomic E-state index is 0. The number of nitrogens with two attached hydrogens (primary N) is 1. The van der Waals surface area contributed by atoms with E-state index in [1.807, 2.05) is 0 Å². The van der Waals surface area contributed by atoms with Crippen LogP contribution in [0.2, 0.25) is 0 Å². The molecule has 1 fully saturated rings. The Morgan fingerprint density at radius 2 is 1.76 bits per heavy atom. The number of amides is 2. The Hall–Kier alpha value is -1.59. The average molecular weight is 312 g/mol. The van der Waals surface area contributed by atoms with Gasteiger partial charge in [-0.05, 0) is 43.0 Å².